The maximum absolute atomic E-state index is 12.3. The molecule has 11 nitrogen and oxygen atoms in total. The van der Waals surface area contributed by atoms with Gasteiger partial charge in [-0.1, -0.05) is 6.07 Å². The summed E-state index contributed by atoms with van der Waals surface area (Å²) in [6, 6.07) is 2.78. The highest BCUT2D eigenvalue weighted by atomic mass is 16.7. The van der Waals surface area contributed by atoms with Crippen LogP contribution in [0.25, 0.3) is 0 Å². The summed E-state index contributed by atoms with van der Waals surface area (Å²) in [6.45, 7) is 5.29. The number of rotatable bonds is 5. The number of hydrogen-bond acceptors (Lipinski definition) is 10. The molecule has 2 N–H and O–H groups in total. The third-order valence-electron chi connectivity index (χ3n) is 8.91. The van der Waals surface area contributed by atoms with Crippen LogP contribution in [0.5, 0.6) is 28.7 Å². The molecule has 11 heteroatoms. The number of esters is 1. The van der Waals surface area contributed by atoms with Crippen LogP contribution in [0, 0.1) is 25.2 Å². The average molecular weight is 549 g/mol. The molecule has 1 unspecified atom stereocenters. The lowest BCUT2D eigenvalue weighted by Gasteiger charge is -2.60. The van der Waals surface area contributed by atoms with Crippen LogP contribution in [0.4, 0.5) is 0 Å². The minimum absolute atomic E-state index is 0.0133. The number of aromatic hydroxyl groups is 1. The van der Waals surface area contributed by atoms with Crippen LogP contribution >= 0.6 is 0 Å². The highest BCUT2D eigenvalue weighted by molar-refractivity contribution is 5.74. The first-order chi connectivity index (χ1) is 19.2. The van der Waals surface area contributed by atoms with Crippen molar-refractivity contribution < 1.29 is 33.6 Å². The number of benzene rings is 2. The second-order valence-corrected chi connectivity index (χ2v) is 10.9. The zero-order valence-corrected chi connectivity index (χ0v) is 23.1. The summed E-state index contributed by atoms with van der Waals surface area (Å²) in [4.78, 5) is 28.1. The van der Waals surface area contributed by atoms with E-state index in [0.29, 0.717) is 47.8 Å². The molecular formula is C29H32N4O7. The van der Waals surface area contributed by atoms with Crippen LogP contribution in [-0.4, -0.2) is 72.9 Å². The minimum Gasteiger partial charge on any atom is -0.504 e. The van der Waals surface area contributed by atoms with E-state index in [1.54, 1.807) is 0 Å². The summed E-state index contributed by atoms with van der Waals surface area (Å²) >= 11 is 0. The Hall–Kier alpha value is -4.01. The van der Waals surface area contributed by atoms with E-state index in [9.17, 15) is 20.0 Å². The van der Waals surface area contributed by atoms with E-state index < -0.39 is 18.1 Å². The standard InChI is InChI=1S/C29H32N4O7/c1-13-6-16-7-18-20(9-30)33-19(24(32(18)4)22(16)25(36)26(13)37-5)8-17-23(21(33)10-31-11-34)29-28(38-12-39-29)14(2)27(17)40-15(3)35/h6,11,18-21,24,36H,7-8,10,12H2,1-5H3,(H,31,34)/t18-,19?,20+,21+,24-/m1/s1. The number of nitriles is 1. The Kier molecular flexibility index (Phi) is 6.27. The second kappa shape index (κ2) is 9.57. The van der Waals surface area contributed by atoms with Crippen LogP contribution < -0.4 is 24.3 Å². The summed E-state index contributed by atoms with van der Waals surface area (Å²) in [7, 11) is 3.52. The maximum Gasteiger partial charge on any atom is 0.308 e. The molecule has 1 fully saturated rings. The molecule has 40 heavy (non-hydrogen) atoms. The number of amides is 1. The van der Waals surface area contributed by atoms with E-state index in [0.717, 1.165) is 27.8 Å². The van der Waals surface area contributed by atoms with E-state index >= 15 is 0 Å². The molecule has 1 saturated heterocycles. The van der Waals surface area contributed by atoms with Gasteiger partial charge in [-0.2, -0.15) is 5.26 Å². The summed E-state index contributed by atoms with van der Waals surface area (Å²) in [6.07, 6.45) is 1.60. The maximum atomic E-state index is 12.3. The van der Waals surface area contributed by atoms with Crippen molar-refractivity contribution in [2.75, 3.05) is 27.5 Å². The van der Waals surface area contributed by atoms with Crippen molar-refractivity contribution in [3.63, 3.8) is 0 Å². The molecule has 4 aliphatic rings. The number of phenols is 1. The van der Waals surface area contributed by atoms with E-state index in [4.69, 9.17) is 18.9 Å². The van der Waals surface area contributed by atoms with Crippen LogP contribution in [-0.2, 0) is 22.4 Å². The number of nitrogens with zero attached hydrogens (tertiary/aromatic N) is 3. The Morgan fingerprint density at radius 3 is 2.65 bits per heavy atom. The topological polar surface area (TPSA) is 134 Å². The molecule has 1 amide bonds. The predicted molar refractivity (Wildman–Crippen MR) is 142 cm³/mol. The summed E-state index contributed by atoms with van der Waals surface area (Å²) < 4.78 is 23.2. The molecule has 0 spiro atoms. The van der Waals surface area contributed by atoms with E-state index in [1.807, 2.05) is 27.0 Å². The quantitative estimate of drug-likeness (QED) is 0.325. The van der Waals surface area contributed by atoms with Gasteiger partial charge in [-0.25, -0.2) is 0 Å². The third-order valence-corrected chi connectivity index (χ3v) is 8.91. The van der Waals surface area contributed by atoms with Gasteiger partial charge in [0.25, 0.3) is 0 Å². The van der Waals surface area contributed by atoms with Crippen molar-refractivity contribution in [1.29, 1.82) is 5.26 Å². The summed E-state index contributed by atoms with van der Waals surface area (Å²) in [5, 5.41) is 24.9. The lowest BCUT2D eigenvalue weighted by Crippen LogP contribution is -2.68. The summed E-state index contributed by atoms with van der Waals surface area (Å²) in [5.41, 5.74) is 4.75. The molecule has 0 radical (unpaired) electrons. The van der Waals surface area contributed by atoms with Gasteiger partial charge in [-0.15, -0.1) is 0 Å². The van der Waals surface area contributed by atoms with Gasteiger partial charge in [0.1, 0.15) is 11.8 Å². The largest absolute Gasteiger partial charge is 0.504 e. The van der Waals surface area contributed by atoms with Crippen molar-refractivity contribution >= 4 is 12.4 Å². The number of carbonyl (C=O) groups excluding carboxylic acids is 2. The van der Waals surface area contributed by atoms with Crippen molar-refractivity contribution in [3.05, 3.63) is 39.4 Å². The van der Waals surface area contributed by atoms with Gasteiger partial charge >= 0.3 is 5.97 Å². The Balaban J connectivity index is 1.63. The number of ether oxygens (including phenoxy) is 4. The molecule has 0 aromatic heterocycles. The van der Waals surface area contributed by atoms with Gasteiger partial charge in [0.2, 0.25) is 13.2 Å². The normalized spacial score (nSPS) is 26.1. The Morgan fingerprint density at radius 1 is 1.23 bits per heavy atom. The van der Waals surface area contributed by atoms with Gasteiger partial charge in [0.15, 0.2) is 23.0 Å². The van der Waals surface area contributed by atoms with Crippen LogP contribution in [0.3, 0.4) is 0 Å². The number of nitrogens with one attached hydrogen (secondary N) is 1. The zero-order valence-electron chi connectivity index (χ0n) is 23.1. The number of carbonyl (C=O) groups is 2. The van der Waals surface area contributed by atoms with Crippen LogP contribution in [0.15, 0.2) is 6.07 Å². The van der Waals surface area contributed by atoms with E-state index in [2.05, 4.69) is 21.2 Å². The van der Waals surface area contributed by atoms with Gasteiger partial charge in [-0.05, 0) is 44.9 Å². The first-order valence-corrected chi connectivity index (χ1v) is 13.3. The highest BCUT2D eigenvalue weighted by Gasteiger charge is 2.56. The second-order valence-electron chi connectivity index (χ2n) is 10.9. The smallest absolute Gasteiger partial charge is 0.308 e. The molecule has 2 bridgehead atoms. The monoisotopic (exact) mass is 548 g/mol. The predicted octanol–water partition coefficient (Wildman–Crippen LogP) is 2.19. The molecule has 210 valence electrons. The fraction of sp³-hybridized carbons (Fsp3) is 0.483. The number of hydrogen-bond donors (Lipinski definition) is 2. The molecule has 4 heterocycles. The van der Waals surface area contributed by atoms with E-state index in [1.165, 1.54) is 14.0 Å². The molecular weight excluding hydrogens is 516 g/mol. The fourth-order valence-corrected chi connectivity index (χ4v) is 7.47. The van der Waals surface area contributed by atoms with Crippen LogP contribution in [0.2, 0.25) is 0 Å². The minimum atomic E-state index is -0.535. The Labute approximate surface area is 232 Å². The van der Waals surface area contributed by atoms with Crippen molar-refractivity contribution in [2.45, 2.75) is 63.8 Å². The molecule has 0 saturated carbocycles. The molecule has 2 aromatic rings. The average Bonchev–Trinajstić information content (AvgIpc) is 3.40. The molecule has 4 aliphatic heterocycles. The fourth-order valence-electron chi connectivity index (χ4n) is 7.47. The van der Waals surface area contributed by atoms with Crippen molar-refractivity contribution in [1.82, 2.24) is 15.1 Å². The first-order valence-electron chi connectivity index (χ1n) is 13.3. The van der Waals surface area contributed by atoms with Crippen molar-refractivity contribution in [2.24, 2.45) is 0 Å². The van der Waals surface area contributed by atoms with Gasteiger partial charge in [0, 0.05) is 47.8 Å². The third kappa shape index (κ3) is 3.56. The Morgan fingerprint density at radius 2 is 1.98 bits per heavy atom. The van der Waals surface area contributed by atoms with E-state index in [-0.39, 0.29) is 37.2 Å². The van der Waals surface area contributed by atoms with Gasteiger partial charge in [0.05, 0.1) is 25.3 Å². The van der Waals surface area contributed by atoms with Gasteiger partial charge < -0.3 is 29.4 Å². The molecule has 6 rings (SSSR count). The molecule has 0 aliphatic carbocycles. The SMILES string of the molecule is COc1c(C)cc2c(c1O)[C@H]1C3Cc4c(OC(C)=O)c(C)c5c(c4[C@H](CNC=O)N3[C@@H](C#N)[C@@H](C2)N1C)OCO5. The number of likely N-dealkylation sites (N-methyl/N-ethyl adjacent to an activating group) is 1. The highest BCUT2D eigenvalue weighted by Crippen LogP contribution is 2.58. The number of aryl methyl sites for hydroxylation is 1. The zero-order chi connectivity index (χ0) is 28.5. The van der Waals surface area contributed by atoms with Crippen molar-refractivity contribution in [3.8, 4) is 34.8 Å². The van der Waals surface area contributed by atoms with Crippen LogP contribution in [0.1, 0.15) is 52.4 Å². The van der Waals surface area contributed by atoms with Gasteiger partial charge in [-0.3, -0.25) is 19.4 Å². The molecule has 2 aromatic carbocycles. The number of fused-ring (bicyclic) bond motifs is 9. The lowest BCUT2D eigenvalue weighted by atomic mass is 9.71. The molecule has 5 atom stereocenters. The first kappa shape index (κ1) is 26.2. The number of methoxy groups -OCH3 is 1. The lowest BCUT2D eigenvalue weighted by molar-refractivity contribution is -0.132. The number of piperazine rings is 1. The number of phenolic OH excluding ortho intramolecular Hbond substituents is 1. The Bertz CT molecular complexity index is 1470. The summed E-state index contributed by atoms with van der Waals surface area (Å²) in [5.74, 6) is 1.50.